The molecule has 1 aliphatic rings. The molecule has 7 heteroatoms. The Morgan fingerprint density at radius 2 is 2.24 bits per heavy atom. The number of benzene rings is 1. The molecule has 6 nitrogen and oxygen atoms in total. The summed E-state index contributed by atoms with van der Waals surface area (Å²) in [7, 11) is 0. The van der Waals surface area contributed by atoms with E-state index in [0.717, 1.165) is 5.56 Å². The zero-order valence-corrected chi connectivity index (χ0v) is 14.2. The second-order valence-corrected chi connectivity index (χ2v) is 6.32. The van der Waals surface area contributed by atoms with E-state index >= 15 is 0 Å². The molecule has 0 spiro atoms. The fraction of sp³-hybridized carbons (Fsp3) is 0.222. The molecule has 2 aromatic heterocycles. The molecule has 128 valence electrons. The first-order chi connectivity index (χ1) is 12.0. The molecule has 0 bridgehead atoms. The lowest BCUT2D eigenvalue weighted by Crippen LogP contribution is -2.28. The van der Waals surface area contributed by atoms with Crippen LogP contribution in [0, 0.1) is 6.92 Å². The van der Waals surface area contributed by atoms with Crippen LogP contribution < -0.4 is 0 Å². The Kier molecular flexibility index (Phi) is 3.95. The fourth-order valence-electron chi connectivity index (χ4n) is 2.88. The summed E-state index contributed by atoms with van der Waals surface area (Å²) in [6.45, 7) is 2.09. The average Bonchev–Trinajstić information content (AvgIpc) is 3.28. The van der Waals surface area contributed by atoms with E-state index in [2.05, 4.69) is 4.98 Å². The number of pyridine rings is 1. The molecular weight excluding hydrogens is 344 g/mol. The van der Waals surface area contributed by atoms with Gasteiger partial charge in [0.15, 0.2) is 5.76 Å². The Hall–Kier alpha value is -2.41. The second-order valence-electron chi connectivity index (χ2n) is 5.92. The van der Waals surface area contributed by atoms with Crippen molar-refractivity contribution in [2.24, 2.45) is 0 Å². The molecule has 1 saturated heterocycles. The van der Waals surface area contributed by atoms with Crippen LogP contribution in [0.3, 0.4) is 0 Å². The Balaban J connectivity index is 1.92. The predicted octanol–water partition coefficient (Wildman–Crippen LogP) is 3.20. The summed E-state index contributed by atoms with van der Waals surface area (Å²) in [5.41, 5.74) is 2.37. The number of nitrogens with zero attached hydrogens (tertiary/aromatic N) is 2. The molecule has 0 unspecified atom stereocenters. The molecule has 1 amide bonds. The summed E-state index contributed by atoms with van der Waals surface area (Å²) in [6, 6.07) is 8.71. The Morgan fingerprint density at radius 1 is 1.40 bits per heavy atom. The van der Waals surface area contributed by atoms with Crippen LogP contribution in [0.15, 0.2) is 41.0 Å². The van der Waals surface area contributed by atoms with E-state index in [-0.39, 0.29) is 19.1 Å². The van der Waals surface area contributed by atoms with Crippen molar-refractivity contribution in [2.75, 3.05) is 13.2 Å². The number of carbonyl (C=O) groups excluding carboxylic acids is 1. The number of furan rings is 1. The van der Waals surface area contributed by atoms with Gasteiger partial charge >= 0.3 is 0 Å². The minimum atomic E-state index is -0.683. The minimum absolute atomic E-state index is 0.102. The van der Waals surface area contributed by atoms with Crippen molar-refractivity contribution in [3.63, 3.8) is 0 Å². The molecule has 0 radical (unpaired) electrons. The van der Waals surface area contributed by atoms with E-state index in [1.807, 2.05) is 6.92 Å². The number of amides is 1. The number of aromatic nitrogens is 1. The van der Waals surface area contributed by atoms with Gasteiger partial charge in [-0.1, -0.05) is 17.7 Å². The maximum Gasteiger partial charge on any atom is 0.278 e. The third kappa shape index (κ3) is 2.78. The molecule has 3 heterocycles. The fourth-order valence-corrected chi connectivity index (χ4v) is 3.03. The number of fused-ring (bicyclic) bond motifs is 1. The van der Waals surface area contributed by atoms with Crippen LogP contribution in [0.5, 0.6) is 0 Å². The highest BCUT2D eigenvalue weighted by atomic mass is 35.5. The van der Waals surface area contributed by atoms with Crippen LogP contribution in [-0.2, 0) is 4.84 Å². The van der Waals surface area contributed by atoms with Gasteiger partial charge in [0.2, 0.25) is 0 Å². The SMILES string of the molecule is Cc1c(Cl)ccc2c(C(=O)N3C[C@H](O)CO3)cc(-c3ccco3)nc12. The molecule has 4 rings (SSSR count). The summed E-state index contributed by atoms with van der Waals surface area (Å²) < 4.78 is 5.42. The summed E-state index contributed by atoms with van der Waals surface area (Å²) in [5, 5.41) is 12.1. The molecule has 1 aliphatic heterocycles. The van der Waals surface area contributed by atoms with Crippen molar-refractivity contribution >= 4 is 28.4 Å². The summed E-state index contributed by atoms with van der Waals surface area (Å²) in [5.74, 6) is 0.219. The number of aryl methyl sites for hydroxylation is 1. The predicted molar refractivity (Wildman–Crippen MR) is 92.2 cm³/mol. The van der Waals surface area contributed by atoms with Crippen LogP contribution in [-0.4, -0.2) is 40.3 Å². The first kappa shape index (κ1) is 16.1. The van der Waals surface area contributed by atoms with E-state index < -0.39 is 6.10 Å². The Labute approximate surface area is 148 Å². The molecule has 25 heavy (non-hydrogen) atoms. The highest BCUT2D eigenvalue weighted by molar-refractivity contribution is 6.32. The van der Waals surface area contributed by atoms with E-state index in [9.17, 15) is 9.90 Å². The van der Waals surface area contributed by atoms with Gasteiger partial charge in [-0.05, 0) is 36.8 Å². The number of halogens is 1. The van der Waals surface area contributed by atoms with E-state index in [1.54, 1.807) is 36.6 Å². The van der Waals surface area contributed by atoms with Gasteiger partial charge in [-0.25, -0.2) is 10.0 Å². The van der Waals surface area contributed by atoms with Gasteiger partial charge < -0.3 is 9.52 Å². The average molecular weight is 359 g/mol. The molecule has 1 aromatic carbocycles. The quantitative estimate of drug-likeness (QED) is 0.761. The molecular formula is C18H15ClN2O4. The number of aliphatic hydroxyl groups is 1. The van der Waals surface area contributed by atoms with E-state index in [1.165, 1.54) is 5.06 Å². The zero-order valence-electron chi connectivity index (χ0n) is 13.4. The standard InChI is InChI=1S/C18H15ClN2O4/c1-10-14(19)5-4-12-13(18(23)21-8-11(22)9-25-21)7-15(20-17(10)12)16-3-2-6-24-16/h2-7,11,22H,8-9H2,1H3/t11-/m0/s1. The smallest absolute Gasteiger partial charge is 0.278 e. The second kappa shape index (κ2) is 6.15. The van der Waals surface area contributed by atoms with Gasteiger partial charge in [0, 0.05) is 10.4 Å². The third-order valence-corrected chi connectivity index (χ3v) is 4.61. The van der Waals surface area contributed by atoms with Gasteiger partial charge in [-0.15, -0.1) is 0 Å². The van der Waals surface area contributed by atoms with Gasteiger partial charge in [-0.2, -0.15) is 0 Å². The monoisotopic (exact) mass is 358 g/mol. The highest BCUT2D eigenvalue weighted by Crippen LogP contribution is 2.31. The zero-order chi connectivity index (χ0) is 17.6. The molecule has 0 saturated carbocycles. The van der Waals surface area contributed by atoms with Crippen LogP contribution in [0.4, 0.5) is 0 Å². The normalized spacial score (nSPS) is 17.4. The number of hydrogen-bond donors (Lipinski definition) is 1. The number of rotatable bonds is 2. The van der Waals surface area contributed by atoms with Crippen molar-refractivity contribution < 1.29 is 19.2 Å². The third-order valence-electron chi connectivity index (χ3n) is 4.20. The van der Waals surface area contributed by atoms with Crippen LogP contribution in [0.1, 0.15) is 15.9 Å². The lowest BCUT2D eigenvalue weighted by molar-refractivity contribution is -0.0778. The van der Waals surface area contributed by atoms with Crippen LogP contribution in [0.25, 0.3) is 22.4 Å². The number of carbonyl (C=O) groups is 1. The van der Waals surface area contributed by atoms with Gasteiger partial charge in [-0.3, -0.25) is 9.63 Å². The molecule has 3 aromatic rings. The van der Waals surface area contributed by atoms with Crippen LogP contribution in [0.2, 0.25) is 5.02 Å². The van der Waals surface area contributed by atoms with Crippen molar-refractivity contribution in [1.29, 1.82) is 0 Å². The molecule has 1 fully saturated rings. The van der Waals surface area contributed by atoms with Crippen molar-refractivity contribution in [1.82, 2.24) is 10.0 Å². The molecule has 1 atom stereocenters. The van der Waals surface area contributed by atoms with Crippen molar-refractivity contribution in [2.45, 2.75) is 13.0 Å². The lowest BCUT2D eigenvalue weighted by Gasteiger charge is -2.16. The Bertz CT molecular complexity index is 955. The van der Waals surface area contributed by atoms with Crippen LogP contribution >= 0.6 is 11.6 Å². The number of aliphatic hydroxyl groups excluding tert-OH is 1. The van der Waals surface area contributed by atoms with Gasteiger partial charge in [0.1, 0.15) is 18.4 Å². The number of β-amino-alcohol motifs (C(OH)–C–C–N with tert-alkyl or cyclic N) is 1. The van der Waals surface area contributed by atoms with Crippen molar-refractivity contribution in [3.05, 3.63) is 52.7 Å². The topological polar surface area (TPSA) is 75.8 Å². The number of hydroxylamine groups is 2. The molecule has 1 N–H and O–H groups in total. The summed E-state index contributed by atoms with van der Waals surface area (Å²) in [6.07, 6.45) is 0.866. The maximum absolute atomic E-state index is 12.9. The van der Waals surface area contributed by atoms with E-state index in [4.69, 9.17) is 20.9 Å². The maximum atomic E-state index is 12.9. The molecule has 0 aliphatic carbocycles. The largest absolute Gasteiger partial charge is 0.463 e. The Morgan fingerprint density at radius 3 is 2.92 bits per heavy atom. The summed E-state index contributed by atoms with van der Waals surface area (Å²) >= 11 is 6.23. The van der Waals surface area contributed by atoms with Gasteiger partial charge in [0.25, 0.3) is 5.91 Å². The lowest BCUT2D eigenvalue weighted by atomic mass is 10.0. The van der Waals surface area contributed by atoms with Gasteiger partial charge in [0.05, 0.1) is 23.9 Å². The minimum Gasteiger partial charge on any atom is -0.463 e. The first-order valence-corrected chi connectivity index (χ1v) is 8.19. The van der Waals surface area contributed by atoms with Crippen molar-refractivity contribution in [3.8, 4) is 11.5 Å². The van der Waals surface area contributed by atoms with E-state index in [0.29, 0.717) is 32.9 Å². The highest BCUT2D eigenvalue weighted by Gasteiger charge is 2.29. The summed E-state index contributed by atoms with van der Waals surface area (Å²) in [4.78, 5) is 22.8. The first-order valence-electron chi connectivity index (χ1n) is 7.81. The number of hydrogen-bond acceptors (Lipinski definition) is 5.